The van der Waals surface area contributed by atoms with E-state index >= 15 is 0 Å². The van der Waals surface area contributed by atoms with Crippen LogP contribution in [0.4, 0.5) is 5.69 Å². The van der Waals surface area contributed by atoms with Crippen LogP contribution in [-0.2, 0) is 0 Å². The minimum Gasteiger partial charge on any atom is -0.493 e. The van der Waals surface area contributed by atoms with Gasteiger partial charge in [0.25, 0.3) is 5.91 Å². The third kappa shape index (κ3) is 3.71. The summed E-state index contributed by atoms with van der Waals surface area (Å²) >= 11 is 0. The normalized spacial score (nSPS) is 12.2. The Balaban J connectivity index is 1.47. The molecular weight excluding hydrogens is 358 g/mol. The molecule has 0 unspecified atom stereocenters. The predicted molar refractivity (Wildman–Crippen MR) is 105 cm³/mol. The fraction of sp³-hybridized carbons (Fsp3) is 0.136. The predicted octanol–water partition coefficient (Wildman–Crippen LogP) is 4.51. The zero-order valence-electron chi connectivity index (χ0n) is 15.3. The van der Waals surface area contributed by atoms with Gasteiger partial charge in [-0.1, -0.05) is 18.2 Å². The molecule has 3 aromatic rings. The van der Waals surface area contributed by atoms with E-state index in [1.54, 1.807) is 49.6 Å². The van der Waals surface area contributed by atoms with Gasteiger partial charge in [0.2, 0.25) is 0 Å². The van der Waals surface area contributed by atoms with E-state index in [9.17, 15) is 4.79 Å². The first-order chi connectivity index (χ1) is 13.7. The summed E-state index contributed by atoms with van der Waals surface area (Å²) < 4.78 is 22.3. The molecule has 28 heavy (non-hydrogen) atoms. The van der Waals surface area contributed by atoms with Gasteiger partial charge in [0.15, 0.2) is 23.0 Å². The Hall–Kier alpha value is -3.67. The lowest BCUT2D eigenvalue weighted by Gasteiger charge is -2.20. The van der Waals surface area contributed by atoms with Crippen LogP contribution >= 0.6 is 0 Å². The van der Waals surface area contributed by atoms with Crippen molar-refractivity contribution in [1.29, 1.82) is 0 Å². The first-order valence-electron chi connectivity index (χ1n) is 8.85. The van der Waals surface area contributed by atoms with Gasteiger partial charge in [-0.25, -0.2) is 0 Å². The molecule has 0 saturated heterocycles. The van der Waals surface area contributed by atoms with Gasteiger partial charge in [-0.15, -0.1) is 0 Å². The Morgan fingerprint density at radius 2 is 1.64 bits per heavy atom. The van der Waals surface area contributed by atoms with Crippen LogP contribution in [0.25, 0.3) is 0 Å². The van der Waals surface area contributed by atoms with Crippen LogP contribution in [0.5, 0.6) is 28.7 Å². The quantitative estimate of drug-likeness (QED) is 0.709. The number of benzene rings is 3. The molecule has 0 radical (unpaired) electrons. The van der Waals surface area contributed by atoms with Gasteiger partial charge in [0, 0.05) is 5.69 Å². The van der Waals surface area contributed by atoms with Crippen molar-refractivity contribution in [1.82, 2.24) is 0 Å². The van der Waals surface area contributed by atoms with Gasteiger partial charge in [-0.3, -0.25) is 4.79 Å². The summed E-state index contributed by atoms with van der Waals surface area (Å²) in [6.07, 6.45) is 0. The number of carbonyl (C=O) groups excluding carboxylic acids is 1. The number of rotatable bonds is 5. The van der Waals surface area contributed by atoms with Crippen LogP contribution in [-0.4, -0.2) is 26.2 Å². The minimum absolute atomic E-state index is 0.263. The molecule has 4 rings (SSSR count). The molecule has 6 heteroatoms. The van der Waals surface area contributed by atoms with Crippen molar-refractivity contribution in [2.45, 2.75) is 0 Å². The topological polar surface area (TPSA) is 66.0 Å². The summed E-state index contributed by atoms with van der Waals surface area (Å²) in [5.74, 6) is 2.70. The fourth-order valence-electron chi connectivity index (χ4n) is 2.89. The highest BCUT2D eigenvalue weighted by Gasteiger charge is 2.20. The molecule has 6 nitrogen and oxygen atoms in total. The zero-order chi connectivity index (χ0) is 19.3. The highest BCUT2D eigenvalue weighted by atomic mass is 16.6. The second-order valence-corrected chi connectivity index (χ2v) is 6.06. The lowest BCUT2D eigenvalue weighted by Crippen LogP contribution is -2.20. The molecule has 0 atom stereocenters. The summed E-state index contributed by atoms with van der Waals surface area (Å²) in [5, 5.41) is 2.87. The van der Waals surface area contributed by atoms with E-state index in [-0.39, 0.29) is 5.91 Å². The zero-order valence-corrected chi connectivity index (χ0v) is 15.3. The molecule has 3 aromatic carbocycles. The maximum atomic E-state index is 12.7. The standard InChI is InChI=1S/C22H19NO5/c1-25-18-6-2-3-7-19(18)28-16-11-9-15(10-12-16)23-22(24)17-5-4-8-20-21(17)27-14-13-26-20/h2-12H,13-14H2,1H3,(H,23,24). The summed E-state index contributed by atoms with van der Waals surface area (Å²) in [4.78, 5) is 12.7. The van der Waals surface area contributed by atoms with Crippen molar-refractivity contribution < 1.29 is 23.7 Å². The third-order valence-electron chi connectivity index (χ3n) is 4.22. The molecule has 0 aliphatic carbocycles. The van der Waals surface area contributed by atoms with Crippen molar-refractivity contribution in [2.24, 2.45) is 0 Å². The van der Waals surface area contributed by atoms with E-state index in [0.29, 0.717) is 53.2 Å². The van der Waals surface area contributed by atoms with Crippen LogP contribution in [0, 0.1) is 0 Å². The van der Waals surface area contributed by atoms with Gasteiger partial charge in [0.05, 0.1) is 12.7 Å². The molecule has 0 bridgehead atoms. The summed E-state index contributed by atoms with van der Waals surface area (Å²) in [6.45, 7) is 0.901. The molecule has 1 heterocycles. The van der Waals surface area contributed by atoms with Crippen molar-refractivity contribution in [3.05, 3.63) is 72.3 Å². The number of ether oxygens (including phenoxy) is 4. The van der Waals surface area contributed by atoms with Crippen LogP contribution in [0.2, 0.25) is 0 Å². The number of amides is 1. The van der Waals surface area contributed by atoms with Gasteiger partial charge in [-0.2, -0.15) is 0 Å². The molecule has 142 valence electrons. The SMILES string of the molecule is COc1ccccc1Oc1ccc(NC(=O)c2cccc3c2OCCO3)cc1. The van der Waals surface area contributed by atoms with Crippen LogP contribution in [0.15, 0.2) is 66.7 Å². The van der Waals surface area contributed by atoms with Crippen molar-refractivity contribution in [3.8, 4) is 28.7 Å². The second-order valence-electron chi connectivity index (χ2n) is 6.06. The molecule has 0 spiro atoms. The smallest absolute Gasteiger partial charge is 0.259 e. The van der Waals surface area contributed by atoms with Gasteiger partial charge < -0.3 is 24.3 Å². The second kappa shape index (κ2) is 7.92. The molecular formula is C22H19NO5. The molecule has 1 aliphatic rings. The lowest BCUT2D eigenvalue weighted by atomic mass is 10.1. The molecule has 1 N–H and O–H groups in total. The van der Waals surface area contributed by atoms with Crippen molar-refractivity contribution >= 4 is 11.6 Å². The van der Waals surface area contributed by atoms with E-state index in [1.165, 1.54) is 0 Å². The van der Waals surface area contributed by atoms with E-state index in [1.807, 2.05) is 24.3 Å². The average molecular weight is 377 g/mol. The van der Waals surface area contributed by atoms with Crippen LogP contribution in [0.1, 0.15) is 10.4 Å². The van der Waals surface area contributed by atoms with E-state index in [2.05, 4.69) is 5.32 Å². The number of carbonyl (C=O) groups is 1. The lowest BCUT2D eigenvalue weighted by molar-refractivity contribution is 0.101. The van der Waals surface area contributed by atoms with Gasteiger partial charge in [-0.05, 0) is 48.5 Å². The largest absolute Gasteiger partial charge is 0.493 e. The Labute approximate surface area is 162 Å². The summed E-state index contributed by atoms with van der Waals surface area (Å²) in [5.41, 5.74) is 1.08. The number of nitrogens with one attached hydrogen (secondary N) is 1. The Morgan fingerprint density at radius 1 is 0.893 bits per heavy atom. The number of methoxy groups -OCH3 is 1. The Kier molecular flexibility index (Phi) is 5.01. The number of hydrogen-bond donors (Lipinski definition) is 1. The maximum Gasteiger partial charge on any atom is 0.259 e. The van der Waals surface area contributed by atoms with Gasteiger partial charge >= 0.3 is 0 Å². The maximum absolute atomic E-state index is 12.7. The molecule has 0 saturated carbocycles. The Morgan fingerprint density at radius 3 is 2.43 bits per heavy atom. The average Bonchev–Trinajstić information content (AvgIpc) is 2.75. The van der Waals surface area contributed by atoms with Crippen LogP contribution in [0.3, 0.4) is 0 Å². The number of anilines is 1. The Bertz CT molecular complexity index is 984. The monoisotopic (exact) mass is 377 g/mol. The van der Waals surface area contributed by atoms with Crippen molar-refractivity contribution in [2.75, 3.05) is 25.6 Å². The number of para-hydroxylation sites is 3. The highest BCUT2D eigenvalue weighted by Crippen LogP contribution is 2.34. The van der Waals surface area contributed by atoms with Crippen LogP contribution < -0.4 is 24.3 Å². The third-order valence-corrected chi connectivity index (χ3v) is 4.22. The first-order valence-corrected chi connectivity index (χ1v) is 8.85. The molecule has 1 amide bonds. The summed E-state index contributed by atoms with van der Waals surface area (Å²) in [7, 11) is 1.60. The molecule has 0 aromatic heterocycles. The van der Waals surface area contributed by atoms with E-state index in [4.69, 9.17) is 18.9 Å². The van der Waals surface area contributed by atoms with Crippen molar-refractivity contribution in [3.63, 3.8) is 0 Å². The molecule has 0 fully saturated rings. The van der Waals surface area contributed by atoms with Gasteiger partial charge in [0.1, 0.15) is 19.0 Å². The number of fused-ring (bicyclic) bond motifs is 1. The molecule has 1 aliphatic heterocycles. The fourth-order valence-corrected chi connectivity index (χ4v) is 2.89. The van der Waals surface area contributed by atoms with E-state index in [0.717, 1.165) is 0 Å². The summed E-state index contributed by atoms with van der Waals surface area (Å²) in [6, 6.07) is 19.8. The van der Waals surface area contributed by atoms with E-state index < -0.39 is 0 Å². The minimum atomic E-state index is -0.263. The first kappa shape index (κ1) is 17.7. The number of hydrogen-bond acceptors (Lipinski definition) is 5. The highest BCUT2D eigenvalue weighted by molar-refractivity contribution is 6.06.